The smallest absolute Gasteiger partial charge is 0.460 e. The first-order valence-electron chi connectivity index (χ1n) is 7.90. The maximum atomic E-state index is 13.5. The molecule has 0 aliphatic carbocycles. The number of carbonyl (C=O) groups excluding carboxylic acids is 1. The zero-order valence-electron chi connectivity index (χ0n) is 14.9. The number of thioether (sulfide) groups is 1. The van der Waals surface area contributed by atoms with Crippen LogP contribution in [0.4, 0.5) is 57.1 Å². The Morgan fingerprint density at radius 3 is 1.63 bits per heavy atom. The lowest BCUT2D eigenvalue weighted by Gasteiger charge is -2.39. The van der Waals surface area contributed by atoms with Gasteiger partial charge in [-0.3, -0.25) is 4.79 Å². The molecule has 16 heteroatoms. The third-order valence-electron chi connectivity index (χ3n) is 3.53. The predicted octanol–water partition coefficient (Wildman–Crippen LogP) is 6.19. The summed E-state index contributed by atoms with van der Waals surface area (Å²) in [5.74, 6) is -38.6. The molecule has 0 saturated carbocycles. The molecule has 30 heavy (non-hydrogen) atoms. The highest BCUT2D eigenvalue weighted by molar-refractivity contribution is 7.99. The van der Waals surface area contributed by atoms with Crippen molar-refractivity contribution in [1.29, 1.82) is 0 Å². The largest absolute Gasteiger partial charge is 0.466 e. The molecule has 0 radical (unpaired) electrons. The lowest BCUT2D eigenvalue weighted by molar-refractivity contribution is -0.439. The normalized spacial score (nSPS) is 14.7. The summed E-state index contributed by atoms with van der Waals surface area (Å²) in [6.07, 6.45) is -9.88. The maximum absolute atomic E-state index is 13.5. The molecule has 180 valence electrons. The third kappa shape index (κ3) is 5.58. The quantitative estimate of drug-likeness (QED) is 0.184. The molecular formula is C14H15F13O2S. The molecule has 0 fully saturated rings. The summed E-state index contributed by atoms with van der Waals surface area (Å²) in [7, 11) is 0. The van der Waals surface area contributed by atoms with Crippen LogP contribution in [0.15, 0.2) is 0 Å². The van der Waals surface area contributed by atoms with Gasteiger partial charge in [-0.15, -0.1) is 0 Å². The van der Waals surface area contributed by atoms with Gasteiger partial charge < -0.3 is 4.74 Å². The zero-order valence-corrected chi connectivity index (χ0v) is 15.7. The highest BCUT2D eigenvalue weighted by Gasteiger charge is 2.90. The van der Waals surface area contributed by atoms with Gasteiger partial charge in [0.25, 0.3) is 0 Å². The predicted molar refractivity (Wildman–Crippen MR) is 78.6 cm³/mol. The second-order valence-electron chi connectivity index (χ2n) is 5.77. The van der Waals surface area contributed by atoms with Gasteiger partial charge in [0.1, 0.15) is 0 Å². The first kappa shape index (κ1) is 28.9. The molecule has 0 aromatic carbocycles. The average molecular weight is 494 g/mol. The summed E-state index contributed by atoms with van der Waals surface area (Å²) >= 11 is 0.403. The highest BCUT2D eigenvalue weighted by atomic mass is 32.2. The van der Waals surface area contributed by atoms with Crippen LogP contribution < -0.4 is 0 Å². The molecule has 0 saturated heterocycles. The van der Waals surface area contributed by atoms with Crippen LogP contribution in [-0.2, 0) is 9.53 Å². The maximum Gasteiger partial charge on any atom is 0.460 e. The standard InChI is InChI=1S/C14H15F13O2S/c1-2-29-8(28)4-3-6-30-7-5-9(15,16)10(17,18)11(19,20)12(21,22)13(23,24)14(25,26)27/h2-7H2,1H3. The summed E-state index contributed by atoms with van der Waals surface area (Å²) in [6, 6.07) is 0. The average Bonchev–Trinajstić information content (AvgIpc) is 2.56. The van der Waals surface area contributed by atoms with E-state index >= 15 is 0 Å². The first-order chi connectivity index (χ1) is 13.2. The molecule has 0 aliphatic rings. The van der Waals surface area contributed by atoms with E-state index in [2.05, 4.69) is 4.74 Å². The molecule has 0 atom stereocenters. The van der Waals surface area contributed by atoms with Crippen LogP contribution in [0.1, 0.15) is 26.2 Å². The number of hydrogen-bond donors (Lipinski definition) is 0. The molecule has 0 amide bonds. The van der Waals surface area contributed by atoms with Gasteiger partial charge in [-0.05, 0) is 24.9 Å². The van der Waals surface area contributed by atoms with Crippen molar-refractivity contribution in [1.82, 2.24) is 0 Å². The molecule has 0 N–H and O–H groups in total. The van der Waals surface area contributed by atoms with Crippen molar-refractivity contribution in [3.05, 3.63) is 0 Å². The molecule has 0 unspecified atom stereocenters. The van der Waals surface area contributed by atoms with E-state index in [4.69, 9.17) is 0 Å². The van der Waals surface area contributed by atoms with E-state index in [9.17, 15) is 61.9 Å². The number of hydrogen-bond acceptors (Lipinski definition) is 3. The number of rotatable bonds is 12. The molecule has 2 nitrogen and oxygen atoms in total. The topological polar surface area (TPSA) is 26.3 Å². The lowest BCUT2D eigenvalue weighted by atomic mass is 9.93. The van der Waals surface area contributed by atoms with Crippen LogP contribution in [0, 0.1) is 0 Å². The van der Waals surface area contributed by atoms with Crippen LogP contribution in [-0.4, -0.2) is 59.9 Å². The minimum atomic E-state index is -7.88. The van der Waals surface area contributed by atoms with Crippen LogP contribution >= 0.6 is 11.8 Å². The molecule has 0 bridgehead atoms. The van der Waals surface area contributed by atoms with Gasteiger partial charge in [-0.25, -0.2) is 0 Å². The van der Waals surface area contributed by atoms with E-state index in [0.717, 1.165) is 0 Å². The van der Waals surface area contributed by atoms with Crippen molar-refractivity contribution in [2.45, 2.75) is 62.0 Å². The summed E-state index contributed by atoms with van der Waals surface area (Å²) in [5.41, 5.74) is 0. The second kappa shape index (κ2) is 9.59. The van der Waals surface area contributed by atoms with Gasteiger partial charge in [0.05, 0.1) is 6.61 Å². The van der Waals surface area contributed by atoms with Gasteiger partial charge in [0, 0.05) is 12.8 Å². The molecule has 0 rings (SSSR count). The third-order valence-corrected chi connectivity index (χ3v) is 4.60. The summed E-state index contributed by atoms with van der Waals surface area (Å²) in [6.45, 7) is 1.53. The van der Waals surface area contributed by atoms with E-state index in [1.54, 1.807) is 0 Å². The fourth-order valence-corrected chi connectivity index (χ4v) is 2.77. The molecule has 0 aromatic rings. The van der Waals surface area contributed by atoms with Crippen molar-refractivity contribution >= 4 is 17.7 Å². The number of alkyl halides is 13. The van der Waals surface area contributed by atoms with Crippen molar-refractivity contribution in [3.63, 3.8) is 0 Å². The summed E-state index contributed by atoms with van der Waals surface area (Å²) in [4.78, 5) is 11.0. The fraction of sp³-hybridized carbons (Fsp3) is 0.929. The van der Waals surface area contributed by atoms with E-state index < -0.39 is 53.9 Å². The molecular weight excluding hydrogens is 479 g/mol. The Morgan fingerprint density at radius 2 is 1.20 bits per heavy atom. The molecule has 0 heterocycles. The number of halogens is 13. The Bertz CT molecular complexity index is 575. The van der Waals surface area contributed by atoms with Gasteiger partial charge >= 0.3 is 41.8 Å². The SMILES string of the molecule is CCOC(=O)CCCSCCC(F)(F)C(F)(F)C(F)(F)C(F)(F)C(F)(F)C(F)(F)F. The number of esters is 1. The fourth-order valence-electron chi connectivity index (χ4n) is 1.81. The lowest BCUT2D eigenvalue weighted by Crippen LogP contribution is -2.70. The molecule has 0 aromatic heterocycles. The van der Waals surface area contributed by atoms with Crippen LogP contribution in [0.5, 0.6) is 0 Å². The monoisotopic (exact) mass is 494 g/mol. The minimum Gasteiger partial charge on any atom is -0.466 e. The van der Waals surface area contributed by atoms with Crippen molar-refractivity contribution in [2.75, 3.05) is 18.1 Å². The van der Waals surface area contributed by atoms with Crippen molar-refractivity contribution in [2.24, 2.45) is 0 Å². The number of carbonyl (C=O) groups is 1. The van der Waals surface area contributed by atoms with E-state index in [0.29, 0.717) is 11.8 Å². The first-order valence-corrected chi connectivity index (χ1v) is 9.05. The summed E-state index contributed by atoms with van der Waals surface area (Å²) in [5, 5.41) is 0. The van der Waals surface area contributed by atoms with Crippen LogP contribution in [0.25, 0.3) is 0 Å². The van der Waals surface area contributed by atoms with Gasteiger partial charge in [0.15, 0.2) is 0 Å². The molecule has 0 spiro atoms. The second-order valence-corrected chi connectivity index (χ2v) is 7.00. The molecule has 0 aliphatic heterocycles. The van der Waals surface area contributed by atoms with Gasteiger partial charge in [0.2, 0.25) is 0 Å². The van der Waals surface area contributed by atoms with E-state index in [1.165, 1.54) is 6.92 Å². The van der Waals surface area contributed by atoms with Crippen molar-refractivity contribution < 1.29 is 66.6 Å². The van der Waals surface area contributed by atoms with E-state index in [1.807, 2.05) is 0 Å². The van der Waals surface area contributed by atoms with Gasteiger partial charge in [-0.1, -0.05) is 0 Å². The highest BCUT2D eigenvalue weighted by Crippen LogP contribution is 2.60. The number of ether oxygens (including phenoxy) is 1. The summed E-state index contributed by atoms with van der Waals surface area (Å²) < 4.78 is 172. The Kier molecular flexibility index (Phi) is 9.24. The van der Waals surface area contributed by atoms with Gasteiger partial charge in [-0.2, -0.15) is 68.8 Å². The zero-order chi connectivity index (χ0) is 24.2. The van der Waals surface area contributed by atoms with Crippen molar-refractivity contribution in [3.8, 4) is 0 Å². The van der Waals surface area contributed by atoms with Crippen LogP contribution in [0.3, 0.4) is 0 Å². The Labute approximate surface area is 165 Å². The van der Waals surface area contributed by atoms with E-state index in [-0.39, 0.29) is 25.2 Å². The Balaban J connectivity index is 5.22. The Hall–Kier alpha value is -1.09. The Morgan fingerprint density at radius 1 is 0.733 bits per heavy atom. The minimum absolute atomic E-state index is 0.0164. The van der Waals surface area contributed by atoms with Crippen LogP contribution in [0.2, 0.25) is 0 Å².